The predicted molar refractivity (Wildman–Crippen MR) is 84.5 cm³/mol. The topological polar surface area (TPSA) is 29.9 Å². The average Bonchev–Trinajstić information content (AvgIpc) is 2.86. The molecule has 20 heavy (non-hydrogen) atoms. The minimum Gasteiger partial charge on any atom is -0.306 e. The largest absolute Gasteiger partial charge is 0.306 e. The first-order valence-electron chi connectivity index (χ1n) is 6.87. The Morgan fingerprint density at radius 3 is 2.55 bits per heavy atom. The molecule has 3 nitrogen and oxygen atoms in total. The maximum absolute atomic E-state index is 6.33. The minimum atomic E-state index is -0.0354. The van der Waals surface area contributed by atoms with Gasteiger partial charge in [0.15, 0.2) is 0 Å². The highest BCUT2D eigenvalue weighted by atomic mass is 35.5. The second-order valence-corrected chi connectivity index (χ2v) is 5.48. The number of nitrogens with one attached hydrogen (secondary N) is 1. The van der Waals surface area contributed by atoms with Gasteiger partial charge in [0, 0.05) is 33.9 Å². The Balaban J connectivity index is 2.39. The van der Waals surface area contributed by atoms with E-state index in [1.54, 1.807) is 0 Å². The van der Waals surface area contributed by atoms with E-state index in [4.69, 9.17) is 23.2 Å². The van der Waals surface area contributed by atoms with Crippen molar-refractivity contribution in [2.24, 2.45) is 0 Å². The van der Waals surface area contributed by atoms with Gasteiger partial charge in [-0.2, -0.15) is 5.10 Å². The molecule has 0 bridgehead atoms. The molecule has 0 aliphatic rings. The number of nitrogens with zero attached hydrogens (tertiary/aromatic N) is 2. The summed E-state index contributed by atoms with van der Waals surface area (Å²) in [6.45, 7) is 5.93. The number of aryl methyl sites for hydroxylation is 1. The molecule has 1 aromatic heterocycles. The van der Waals surface area contributed by atoms with Crippen molar-refractivity contribution >= 4 is 23.2 Å². The van der Waals surface area contributed by atoms with Gasteiger partial charge in [0.2, 0.25) is 0 Å². The Kier molecular flexibility index (Phi) is 5.46. The second-order valence-electron chi connectivity index (χ2n) is 4.66. The van der Waals surface area contributed by atoms with Crippen molar-refractivity contribution in [2.45, 2.75) is 32.9 Å². The van der Waals surface area contributed by atoms with Crippen molar-refractivity contribution in [3.05, 3.63) is 51.8 Å². The van der Waals surface area contributed by atoms with Gasteiger partial charge in [0.05, 0.1) is 12.2 Å². The zero-order valence-electron chi connectivity index (χ0n) is 11.7. The number of hydrogen-bond acceptors (Lipinski definition) is 2. The molecule has 0 fully saturated rings. The molecule has 5 heteroatoms. The van der Waals surface area contributed by atoms with Crippen molar-refractivity contribution in [3.8, 4) is 0 Å². The van der Waals surface area contributed by atoms with E-state index >= 15 is 0 Å². The lowest BCUT2D eigenvalue weighted by atomic mass is 10.0. The van der Waals surface area contributed by atoms with E-state index in [1.807, 2.05) is 29.1 Å². The summed E-state index contributed by atoms with van der Waals surface area (Å²) in [5.41, 5.74) is 1.99. The molecular weight excluding hydrogens is 293 g/mol. The van der Waals surface area contributed by atoms with E-state index in [1.165, 1.54) is 0 Å². The van der Waals surface area contributed by atoms with Crippen molar-refractivity contribution in [1.82, 2.24) is 15.1 Å². The lowest BCUT2D eigenvalue weighted by Gasteiger charge is -2.19. The summed E-state index contributed by atoms with van der Waals surface area (Å²) in [4.78, 5) is 0. The average molecular weight is 312 g/mol. The predicted octanol–water partition coefficient (Wildman–Crippen LogP) is 4.30. The highest BCUT2D eigenvalue weighted by molar-refractivity contribution is 6.36. The van der Waals surface area contributed by atoms with E-state index in [2.05, 4.69) is 30.5 Å². The third kappa shape index (κ3) is 3.35. The summed E-state index contributed by atoms with van der Waals surface area (Å²) in [7, 11) is 0. The van der Waals surface area contributed by atoms with Crippen molar-refractivity contribution in [3.63, 3.8) is 0 Å². The number of halogens is 2. The standard InChI is InChI=1S/C15H19Cl2N3/c1-3-8-20-10-11(9-19-20)15(18-4-2)14-12(16)6-5-7-13(14)17/h5-7,9-10,15,18H,3-4,8H2,1-2H3. The molecule has 1 N–H and O–H groups in total. The smallest absolute Gasteiger partial charge is 0.0637 e. The molecule has 1 atom stereocenters. The molecule has 0 saturated heterocycles. The van der Waals surface area contributed by atoms with Gasteiger partial charge in [0.25, 0.3) is 0 Å². The molecule has 108 valence electrons. The van der Waals surface area contributed by atoms with Crippen LogP contribution < -0.4 is 5.32 Å². The zero-order valence-corrected chi connectivity index (χ0v) is 13.2. The number of rotatable bonds is 6. The Hall–Kier alpha value is -1.03. The van der Waals surface area contributed by atoms with Crippen LogP contribution in [0, 0.1) is 0 Å². The summed E-state index contributed by atoms with van der Waals surface area (Å²) in [6, 6.07) is 5.55. The van der Waals surface area contributed by atoms with Crippen LogP contribution >= 0.6 is 23.2 Å². The molecule has 2 aromatic rings. The van der Waals surface area contributed by atoms with Crippen LogP contribution in [-0.4, -0.2) is 16.3 Å². The lowest BCUT2D eigenvalue weighted by Crippen LogP contribution is -2.22. The van der Waals surface area contributed by atoms with Gasteiger partial charge in [-0.1, -0.05) is 43.1 Å². The van der Waals surface area contributed by atoms with Crippen LogP contribution in [0.2, 0.25) is 10.0 Å². The Morgan fingerprint density at radius 1 is 1.25 bits per heavy atom. The Bertz CT molecular complexity index is 546. The molecule has 0 aliphatic carbocycles. The van der Waals surface area contributed by atoms with E-state index in [0.29, 0.717) is 10.0 Å². The van der Waals surface area contributed by atoms with Crippen LogP contribution in [0.4, 0.5) is 0 Å². The van der Waals surface area contributed by atoms with Gasteiger partial charge in [-0.05, 0) is 25.1 Å². The van der Waals surface area contributed by atoms with Gasteiger partial charge in [-0.15, -0.1) is 0 Å². The Labute approximate surface area is 129 Å². The van der Waals surface area contributed by atoms with Crippen LogP contribution in [0.3, 0.4) is 0 Å². The molecule has 0 spiro atoms. The fraction of sp³-hybridized carbons (Fsp3) is 0.400. The minimum absolute atomic E-state index is 0.0354. The van der Waals surface area contributed by atoms with E-state index < -0.39 is 0 Å². The summed E-state index contributed by atoms with van der Waals surface area (Å²) in [5, 5.41) is 9.16. The van der Waals surface area contributed by atoms with Crippen LogP contribution in [0.1, 0.15) is 37.4 Å². The molecular formula is C15H19Cl2N3. The number of aromatic nitrogens is 2. The van der Waals surface area contributed by atoms with Crippen molar-refractivity contribution in [1.29, 1.82) is 0 Å². The van der Waals surface area contributed by atoms with E-state index in [9.17, 15) is 0 Å². The van der Waals surface area contributed by atoms with E-state index in [0.717, 1.165) is 30.6 Å². The molecule has 0 radical (unpaired) electrons. The highest BCUT2D eigenvalue weighted by Gasteiger charge is 2.20. The van der Waals surface area contributed by atoms with Gasteiger partial charge >= 0.3 is 0 Å². The van der Waals surface area contributed by atoms with Crippen LogP contribution in [0.5, 0.6) is 0 Å². The van der Waals surface area contributed by atoms with Gasteiger partial charge in [0.1, 0.15) is 0 Å². The quantitative estimate of drug-likeness (QED) is 0.862. The lowest BCUT2D eigenvalue weighted by molar-refractivity contribution is 0.597. The monoisotopic (exact) mass is 311 g/mol. The summed E-state index contributed by atoms with van der Waals surface area (Å²) in [5.74, 6) is 0. The zero-order chi connectivity index (χ0) is 14.5. The highest BCUT2D eigenvalue weighted by Crippen LogP contribution is 2.33. The molecule has 0 aliphatic heterocycles. The molecule has 0 saturated carbocycles. The SMILES string of the molecule is CCCn1cc(C(NCC)c2c(Cl)cccc2Cl)cn1. The van der Waals surface area contributed by atoms with Crippen LogP contribution in [0.15, 0.2) is 30.6 Å². The van der Waals surface area contributed by atoms with Crippen LogP contribution in [0.25, 0.3) is 0 Å². The van der Waals surface area contributed by atoms with Crippen LogP contribution in [-0.2, 0) is 6.54 Å². The maximum Gasteiger partial charge on any atom is 0.0637 e. The third-order valence-corrected chi connectivity index (χ3v) is 3.80. The molecule has 1 unspecified atom stereocenters. The molecule has 1 aromatic carbocycles. The first-order valence-corrected chi connectivity index (χ1v) is 7.62. The fourth-order valence-corrected chi connectivity index (χ4v) is 2.87. The summed E-state index contributed by atoms with van der Waals surface area (Å²) < 4.78 is 1.95. The molecule has 0 amide bonds. The molecule has 2 rings (SSSR count). The molecule has 1 heterocycles. The van der Waals surface area contributed by atoms with Gasteiger partial charge in [-0.3, -0.25) is 4.68 Å². The fourth-order valence-electron chi connectivity index (χ4n) is 2.26. The van der Waals surface area contributed by atoms with E-state index in [-0.39, 0.29) is 6.04 Å². The summed E-state index contributed by atoms with van der Waals surface area (Å²) >= 11 is 12.7. The first-order chi connectivity index (χ1) is 9.67. The maximum atomic E-state index is 6.33. The normalized spacial score (nSPS) is 12.6. The summed E-state index contributed by atoms with van der Waals surface area (Å²) in [6.07, 6.45) is 4.99. The van der Waals surface area contributed by atoms with Gasteiger partial charge < -0.3 is 5.32 Å². The van der Waals surface area contributed by atoms with Gasteiger partial charge in [-0.25, -0.2) is 0 Å². The van der Waals surface area contributed by atoms with Crippen molar-refractivity contribution in [2.75, 3.05) is 6.54 Å². The third-order valence-electron chi connectivity index (χ3n) is 3.14. The Morgan fingerprint density at radius 2 is 1.95 bits per heavy atom. The second kappa shape index (κ2) is 7.11. The first kappa shape index (κ1) is 15.4. The number of hydrogen-bond donors (Lipinski definition) is 1. The number of benzene rings is 1. The van der Waals surface area contributed by atoms with Crippen molar-refractivity contribution < 1.29 is 0 Å².